The molecule has 2 heterocycles. The second kappa shape index (κ2) is 14.9. The predicted octanol–water partition coefficient (Wildman–Crippen LogP) is 10.7. The maximum atomic E-state index is 11.3. The van der Waals surface area contributed by atoms with E-state index in [1.807, 2.05) is 18.2 Å². The minimum absolute atomic E-state index is 0.212. The van der Waals surface area contributed by atoms with E-state index < -0.39 is 5.72 Å². The van der Waals surface area contributed by atoms with Gasteiger partial charge >= 0.3 is 0 Å². The molecule has 0 saturated carbocycles. The standard InChI is InChI=1S/C37H53NO2/c1-4-5-6-7-8-9-10-11-12-13-14-15-16-17-18-21-28-38-34-23-20-19-22-33(34)36(2,3)37(38)27-26-32-29-31(30-39)24-25-35(32)40-37/h19-20,22-27,29-30H,4-18,21,28H2,1-3H3. The van der Waals surface area contributed by atoms with Crippen LogP contribution in [0.5, 0.6) is 5.75 Å². The molecule has 0 aliphatic carbocycles. The van der Waals surface area contributed by atoms with Gasteiger partial charge in [0, 0.05) is 23.4 Å². The fraction of sp³-hybridized carbons (Fsp3) is 0.595. The zero-order valence-electron chi connectivity index (χ0n) is 25.6. The fourth-order valence-electron chi connectivity index (χ4n) is 6.80. The second-order valence-electron chi connectivity index (χ2n) is 12.6. The van der Waals surface area contributed by atoms with Crippen LogP contribution in [-0.4, -0.2) is 18.6 Å². The van der Waals surface area contributed by atoms with Gasteiger partial charge in [0.2, 0.25) is 5.72 Å². The smallest absolute Gasteiger partial charge is 0.212 e. The summed E-state index contributed by atoms with van der Waals surface area (Å²) in [6, 6.07) is 14.5. The lowest BCUT2D eigenvalue weighted by Crippen LogP contribution is -2.59. The number of unbranched alkanes of at least 4 members (excludes halogenated alkanes) is 15. The Labute approximate surface area is 244 Å². The molecule has 2 aliphatic heterocycles. The molecule has 1 unspecified atom stereocenters. The lowest BCUT2D eigenvalue weighted by molar-refractivity contribution is 0.0531. The molecule has 0 aromatic heterocycles. The van der Waals surface area contributed by atoms with Gasteiger partial charge in [-0.15, -0.1) is 0 Å². The van der Waals surface area contributed by atoms with Crippen LogP contribution in [0.4, 0.5) is 5.69 Å². The van der Waals surface area contributed by atoms with Crippen molar-refractivity contribution >= 4 is 18.0 Å². The Kier molecular flexibility index (Phi) is 11.3. The van der Waals surface area contributed by atoms with Crippen LogP contribution in [0.3, 0.4) is 0 Å². The summed E-state index contributed by atoms with van der Waals surface area (Å²) in [4.78, 5) is 13.8. The van der Waals surface area contributed by atoms with Crippen molar-refractivity contribution in [2.24, 2.45) is 0 Å². The summed E-state index contributed by atoms with van der Waals surface area (Å²) in [5, 5.41) is 0. The van der Waals surface area contributed by atoms with E-state index in [0.29, 0.717) is 5.56 Å². The lowest BCUT2D eigenvalue weighted by atomic mass is 9.76. The summed E-state index contributed by atoms with van der Waals surface area (Å²) in [6.07, 6.45) is 27.4. The van der Waals surface area contributed by atoms with Crippen molar-refractivity contribution in [1.29, 1.82) is 0 Å². The van der Waals surface area contributed by atoms with Crippen LogP contribution in [0.2, 0.25) is 0 Å². The molecule has 0 bridgehead atoms. The van der Waals surface area contributed by atoms with E-state index in [4.69, 9.17) is 4.74 Å². The number of para-hydroxylation sites is 1. The van der Waals surface area contributed by atoms with Crippen molar-refractivity contribution < 1.29 is 9.53 Å². The van der Waals surface area contributed by atoms with Crippen LogP contribution in [0.25, 0.3) is 6.08 Å². The highest BCUT2D eigenvalue weighted by molar-refractivity contribution is 5.79. The van der Waals surface area contributed by atoms with Gasteiger partial charge in [0.1, 0.15) is 12.0 Å². The third-order valence-corrected chi connectivity index (χ3v) is 9.32. The largest absolute Gasteiger partial charge is 0.463 e. The van der Waals surface area contributed by atoms with Crippen molar-refractivity contribution in [2.45, 2.75) is 135 Å². The van der Waals surface area contributed by atoms with E-state index in [9.17, 15) is 4.79 Å². The highest BCUT2D eigenvalue weighted by Crippen LogP contribution is 2.54. The summed E-state index contributed by atoms with van der Waals surface area (Å²) in [7, 11) is 0. The molecule has 4 rings (SSSR count). The first kappa shape index (κ1) is 30.4. The molecular weight excluding hydrogens is 490 g/mol. The van der Waals surface area contributed by atoms with E-state index in [2.05, 4.69) is 62.1 Å². The molecule has 1 spiro atoms. The van der Waals surface area contributed by atoms with Crippen molar-refractivity contribution in [3.63, 3.8) is 0 Å². The Balaban J connectivity index is 1.21. The average Bonchev–Trinajstić information content (AvgIpc) is 3.15. The van der Waals surface area contributed by atoms with Crippen LogP contribution >= 0.6 is 0 Å². The summed E-state index contributed by atoms with van der Waals surface area (Å²) in [5.74, 6) is 0.853. The van der Waals surface area contributed by atoms with Gasteiger partial charge in [-0.3, -0.25) is 4.79 Å². The van der Waals surface area contributed by atoms with Crippen molar-refractivity contribution in [2.75, 3.05) is 11.4 Å². The van der Waals surface area contributed by atoms with Crippen molar-refractivity contribution in [3.8, 4) is 5.75 Å². The van der Waals surface area contributed by atoms with Crippen LogP contribution < -0.4 is 9.64 Å². The molecule has 0 N–H and O–H groups in total. The molecule has 2 aromatic carbocycles. The van der Waals surface area contributed by atoms with E-state index in [-0.39, 0.29) is 5.41 Å². The summed E-state index contributed by atoms with van der Waals surface area (Å²) >= 11 is 0. The van der Waals surface area contributed by atoms with Gasteiger partial charge in [0.25, 0.3) is 0 Å². The molecule has 0 saturated heterocycles. The van der Waals surface area contributed by atoms with E-state index in [1.54, 1.807) is 0 Å². The summed E-state index contributed by atoms with van der Waals surface area (Å²) in [6.45, 7) is 7.87. The Hall–Kier alpha value is -2.55. The number of carbonyl (C=O) groups is 1. The minimum Gasteiger partial charge on any atom is -0.463 e. The number of hydrogen-bond donors (Lipinski definition) is 0. The maximum Gasteiger partial charge on any atom is 0.212 e. The van der Waals surface area contributed by atoms with Crippen molar-refractivity contribution in [1.82, 2.24) is 0 Å². The van der Waals surface area contributed by atoms with Gasteiger partial charge in [0.15, 0.2) is 0 Å². The Morgan fingerprint density at radius 3 is 1.93 bits per heavy atom. The topological polar surface area (TPSA) is 29.5 Å². The SMILES string of the molecule is CCCCCCCCCCCCCCCCCCN1c2ccccc2C(C)(C)C12C=Cc1cc(C=O)ccc1O2. The first-order valence-corrected chi connectivity index (χ1v) is 16.4. The molecular formula is C37H53NO2. The molecule has 40 heavy (non-hydrogen) atoms. The highest BCUT2D eigenvalue weighted by atomic mass is 16.5. The molecule has 3 heteroatoms. The van der Waals surface area contributed by atoms with Gasteiger partial charge < -0.3 is 9.64 Å². The second-order valence-corrected chi connectivity index (χ2v) is 12.6. The molecule has 1 atom stereocenters. The molecule has 0 amide bonds. The summed E-state index contributed by atoms with van der Waals surface area (Å²) in [5.41, 5.74) is 3.50. The summed E-state index contributed by atoms with van der Waals surface area (Å²) < 4.78 is 6.89. The van der Waals surface area contributed by atoms with Gasteiger partial charge in [-0.1, -0.05) is 121 Å². The zero-order valence-corrected chi connectivity index (χ0v) is 25.6. The zero-order chi connectivity index (χ0) is 28.3. The molecule has 2 aliphatic rings. The van der Waals surface area contributed by atoms with Crippen LogP contribution in [-0.2, 0) is 5.41 Å². The third-order valence-electron chi connectivity index (χ3n) is 9.32. The Morgan fingerprint density at radius 1 is 0.750 bits per heavy atom. The monoisotopic (exact) mass is 543 g/mol. The molecule has 218 valence electrons. The van der Waals surface area contributed by atoms with E-state index in [1.165, 1.54) is 114 Å². The van der Waals surface area contributed by atoms with Crippen LogP contribution in [0.1, 0.15) is 145 Å². The normalized spacial score (nSPS) is 18.5. The number of nitrogens with zero attached hydrogens (tertiary/aromatic N) is 1. The number of benzene rings is 2. The number of ether oxygens (including phenoxy) is 1. The third kappa shape index (κ3) is 7.01. The number of fused-ring (bicyclic) bond motifs is 2. The number of aldehydes is 1. The van der Waals surface area contributed by atoms with Gasteiger partial charge in [0.05, 0.1) is 5.41 Å². The first-order valence-electron chi connectivity index (χ1n) is 16.4. The molecule has 0 fully saturated rings. The Morgan fingerprint density at radius 2 is 1.32 bits per heavy atom. The van der Waals surface area contributed by atoms with E-state index in [0.717, 1.165) is 24.1 Å². The number of anilines is 1. The molecule has 2 aromatic rings. The minimum atomic E-state index is -0.568. The first-order chi connectivity index (χ1) is 19.5. The van der Waals surface area contributed by atoms with Gasteiger partial charge in [-0.2, -0.15) is 0 Å². The number of hydrogen-bond acceptors (Lipinski definition) is 3. The van der Waals surface area contributed by atoms with Gasteiger partial charge in [-0.25, -0.2) is 0 Å². The van der Waals surface area contributed by atoms with Gasteiger partial charge in [-0.05, 0) is 62.2 Å². The Bertz CT molecular complexity index is 1100. The quantitative estimate of drug-likeness (QED) is 0.138. The fourth-order valence-corrected chi connectivity index (χ4v) is 6.80. The van der Waals surface area contributed by atoms with E-state index >= 15 is 0 Å². The molecule has 0 radical (unpaired) electrons. The van der Waals surface area contributed by atoms with Crippen LogP contribution in [0, 0.1) is 0 Å². The highest BCUT2D eigenvalue weighted by Gasteiger charge is 2.58. The average molecular weight is 544 g/mol. The number of rotatable bonds is 18. The maximum absolute atomic E-state index is 11.3. The van der Waals surface area contributed by atoms with Crippen LogP contribution in [0.15, 0.2) is 48.5 Å². The molecule has 3 nitrogen and oxygen atoms in total. The van der Waals surface area contributed by atoms with Crippen molar-refractivity contribution in [3.05, 3.63) is 65.2 Å². The lowest BCUT2D eigenvalue weighted by Gasteiger charge is -2.47. The number of carbonyl (C=O) groups excluding carboxylic acids is 1. The predicted molar refractivity (Wildman–Crippen MR) is 171 cm³/mol.